The van der Waals surface area contributed by atoms with Gasteiger partial charge in [0.1, 0.15) is 0 Å². The van der Waals surface area contributed by atoms with Crippen LogP contribution < -0.4 is 5.32 Å². The summed E-state index contributed by atoms with van der Waals surface area (Å²) in [6.45, 7) is 0.844. The van der Waals surface area contributed by atoms with Gasteiger partial charge in [0.15, 0.2) is 0 Å². The number of nitrogens with zero attached hydrogens (tertiary/aromatic N) is 2. The molecule has 100 valence electrons. The van der Waals surface area contributed by atoms with Gasteiger partial charge in [-0.05, 0) is 24.5 Å². The summed E-state index contributed by atoms with van der Waals surface area (Å²) in [5.74, 6) is 0.989. The molecule has 0 aliphatic heterocycles. The van der Waals surface area contributed by atoms with Crippen LogP contribution in [0, 0.1) is 0 Å². The third kappa shape index (κ3) is 3.00. The van der Waals surface area contributed by atoms with Gasteiger partial charge in [-0.1, -0.05) is 47.0 Å². The van der Waals surface area contributed by atoms with Gasteiger partial charge in [0, 0.05) is 22.9 Å². The van der Waals surface area contributed by atoms with E-state index in [2.05, 4.69) is 49.0 Å². The molecule has 0 amide bonds. The standard InChI is InChI=1S/C15H18BrN3/c16-14-8-4-1-5-12(14)11-19-10-9-17-15(19)18-13-6-2-3-7-13/h1,4-5,8-10,13H,2-3,6-7,11H2,(H,17,18). The fourth-order valence-electron chi connectivity index (χ4n) is 2.64. The molecule has 0 atom stereocenters. The second kappa shape index (κ2) is 5.78. The Bertz CT molecular complexity index is 544. The lowest BCUT2D eigenvalue weighted by atomic mass is 10.2. The number of nitrogens with one attached hydrogen (secondary N) is 1. The van der Waals surface area contributed by atoms with Crippen molar-refractivity contribution in [3.8, 4) is 0 Å². The van der Waals surface area contributed by atoms with E-state index in [-0.39, 0.29) is 0 Å². The second-order valence-corrected chi connectivity index (χ2v) is 5.95. The van der Waals surface area contributed by atoms with Crippen LogP contribution in [0.15, 0.2) is 41.1 Å². The van der Waals surface area contributed by atoms with Crippen LogP contribution in [0.3, 0.4) is 0 Å². The molecule has 1 saturated carbocycles. The number of rotatable bonds is 4. The molecule has 1 heterocycles. The summed E-state index contributed by atoms with van der Waals surface area (Å²) in [6.07, 6.45) is 9.11. The van der Waals surface area contributed by atoms with Crippen molar-refractivity contribution in [2.75, 3.05) is 5.32 Å². The third-order valence-corrected chi connectivity index (χ3v) is 4.48. The summed E-state index contributed by atoms with van der Waals surface area (Å²) in [7, 11) is 0. The topological polar surface area (TPSA) is 29.9 Å². The molecule has 0 bridgehead atoms. The largest absolute Gasteiger partial charge is 0.353 e. The zero-order valence-electron chi connectivity index (χ0n) is 10.8. The number of anilines is 1. The molecule has 1 aliphatic carbocycles. The van der Waals surface area contributed by atoms with Crippen LogP contribution in [0.25, 0.3) is 0 Å². The Hall–Kier alpha value is -1.29. The van der Waals surface area contributed by atoms with Crippen LogP contribution >= 0.6 is 15.9 Å². The van der Waals surface area contributed by atoms with E-state index >= 15 is 0 Å². The average Bonchev–Trinajstić information content (AvgIpc) is 3.06. The van der Waals surface area contributed by atoms with Gasteiger partial charge in [0.05, 0.1) is 6.54 Å². The first-order chi connectivity index (χ1) is 9.33. The van der Waals surface area contributed by atoms with E-state index in [1.165, 1.54) is 31.2 Å². The quantitative estimate of drug-likeness (QED) is 0.921. The number of halogens is 1. The maximum Gasteiger partial charge on any atom is 0.203 e. The minimum atomic E-state index is 0.598. The Labute approximate surface area is 122 Å². The van der Waals surface area contributed by atoms with E-state index in [9.17, 15) is 0 Å². The van der Waals surface area contributed by atoms with Crippen LogP contribution in [-0.2, 0) is 6.54 Å². The lowest BCUT2D eigenvalue weighted by Gasteiger charge is -2.15. The predicted molar refractivity (Wildman–Crippen MR) is 81.3 cm³/mol. The van der Waals surface area contributed by atoms with Crippen molar-refractivity contribution in [2.45, 2.75) is 38.3 Å². The van der Waals surface area contributed by atoms with Crippen molar-refractivity contribution in [2.24, 2.45) is 0 Å². The van der Waals surface area contributed by atoms with Gasteiger partial charge in [-0.2, -0.15) is 0 Å². The molecule has 3 rings (SSSR count). The van der Waals surface area contributed by atoms with Gasteiger partial charge < -0.3 is 9.88 Å². The Kier molecular flexibility index (Phi) is 3.87. The third-order valence-electron chi connectivity index (χ3n) is 3.70. The Morgan fingerprint density at radius 2 is 2.05 bits per heavy atom. The highest BCUT2D eigenvalue weighted by Gasteiger charge is 2.16. The van der Waals surface area contributed by atoms with Gasteiger partial charge in [-0.15, -0.1) is 0 Å². The molecule has 1 aromatic heterocycles. The predicted octanol–water partition coefficient (Wildman–Crippen LogP) is 4.05. The van der Waals surface area contributed by atoms with E-state index in [1.807, 2.05) is 18.5 Å². The van der Waals surface area contributed by atoms with Gasteiger partial charge >= 0.3 is 0 Å². The minimum absolute atomic E-state index is 0.598. The lowest BCUT2D eigenvalue weighted by Crippen LogP contribution is -2.18. The van der Waals surface area contributed by atoms with Crippen LogP contribution in [-0.4, -0.2) is 15.6 Å². The van der Waals surface area contributed by atoms with Gasteiger partial charge in [-0.3, -0.25) is 0 Å². The molecule has 3 nitrogen and oxygen atoms in total. The smallest absolute Gasteiger partial charge is 0.203 e. The summed E-state index contributed by atoms with van der Waals surface area (Å²) in [4.78, 5) is 4.44. The molecule has 1 aromatic carbocycles. The molecular formula is C15H18BrN3. The number of aromatic nitrogens is 2. The van der Waals surface area contributed by atoms with E-state index in [4.69, 9.17) is 0 Å². The number of hydrogen-bond acceptors (Lipinski definition) is 2. The molecule has 2 aromatic rings. The van der Waals surface area contributed by atoms with E-state index < -0.39 is 0 Å². The van der Waals surface area contributed by atoms with Crippen molar-refractivity contribution < 1.29 is 0 Å². The summed E-state index contributed by atoms with van der Waals surface area (Å²) in [5, 5.41) is 3.57. The molecular weight excluding hydrogens is 302 g/mol. The highest BCUT2D eigenvalue weighted by Crippen LogP contribution is 2.23. The number of benzene rings is 1. The molecule has 4 heteroatoms. The van der Waals surface area contributed by atoms with Gasteiger partial charge in [0.25, 0.3) is 0 Å². The molecule has 0 radical (unpaired) electrons. The summed E-state index contributed by atoms with van der Waals surface area (Å²) in [6, 6.07) is 8.93. The van der Waals surface area contributed by atoms with E-state index in [1.54, 1.807) is 0 Å². The first-order valence-corrected chi connectivity index (χ1v) is 7.63. The minimum Gasteiger partial charge on any atom is -0.353 e. The molecule has 19 heavy (non-hydrogen) atoms. The van der Waals surface area contributed by atoms with Crippen molar-refractivity contribution in [1.29, 1.82) is 0 Å². The SMILES string of the molecule is Brc1ccccc1Cn1ccnc1NC1CCCC1. The zero-order chi connectivity index (χ0) is 13.1. The van der Waals surface area contributed by atoms with Crippen LogP contribution in [0.2, 0.25) is 0 Å². The molecule has 0 saturated heterocycles. The second-order valence-electron chi connectivity index (χ2n) is 5.10. The molecule has 1 N–H and O–H groups in total. The maximum atomic E-state index is 4.44. The first-order valence-electron chi connectivity index (χ1n) is 6.84. The highest BCUT2D eigenvalue weighted by atomic mass is 79.9. The zero-order valence-corrected chi connectivity index (χ0v) is 12.4. The van der Waals surface area contributed by atoms with Crippen molar-refractivity contribution >= 4 is 21.9 Å². The Morgan fingerprint density at radius 3 is 2.84 bits per heavy atom. The number of hydrogen-bond donors (Lipinski definition) is 1. The molecule has 1 fully saturated rings. The molecule has 1 aliphatic rings. The Morgan fingerprint density at radius 1 is 1.26 bits per heavy atom. The van der Waals surface area contributed by atoms with E-state index in [0.717, 1.165) is 17.0 Å². The van der Waals surface area contributed by atoms with Gasteiger partial charge in [-0.25, -0.2) is 4.98 Å². The monoisotopic (exact) mass is 319 g/mol. The summed E-state index contributed by atoms with van der Waals surface area (Å²) >= 11 is 3.60. The van der Waals surface area contributed by atoms with Crippen LogP contribution in [0.4, 0.5) is 5.95 Å². The summed E-state index contributed by atoms with van der Waals surface area (Å²) < 4.78 is 3.33. The van der Waals surface area contributed by atoms with Gasteiger partial charge in [0.2, 0.25) is 5.95 Å². The number of imidazole rings is 1. The van der Waals surface area contributed by atoms with E-state index in [0.29, 0.717) is 6.04 Å². The molecule has 0 unspecified atom stereocenters. The Balaban J connectivity index is 1.74. The van der Waals surface area contributed by atoms with Crippen molar-refractivity contribution in [3.05, 3.63) is 46.7 Å². The maximum absolute atomic E-state index is 4.44. The average molecular weight is 320 g/mol. The highest BCUT2D eigenvalue weighted by molar-refractivity contribution is 9.10. The normalized spacial score (nSPS) is 15.8. The van der Waals surface area contributed by atoms with Crippen molar-refractivity contribution in [3.63, 3.8) is 0 Å². The van der Waals surface area contributed by atoms with Crippen LogP contribution in [0.5, 0.6) is 0 Å². The van der Waals surface area contributed by atoms with Crippen LogP contribution in [0.1, 0.15) is 31.2 Å². The first kappa shape index (κ1) is 12.7. The lowest BCUT2D eigenvalue weighted by molar-refractivity contribution is 0.715. The fraction of sp³-hybridized carbons (Fsp3) is 0.400. The van der Waals surface area contributed by atoms with Crippen molar-refractivity contribution in [1.82, 2.24) is 9.55 Å². The fourth-order valence-corrected chi connectivity index (χ4v) is 3.05. The molecule has 0 spiro atoms. The summed E-state index contributed by atoms with van der Waals surface area (Å²) in [5.41, 5.74) is 1.27.